The van der Waals surface area contributed by atoms with E-state index in [2.05, 4.69) is 10.4 Å². The highest BCUT2D eigenvalue weighted by Crippen LogP contribution is 2.31. The summed E-state index contributed by atoms with van der Waals surface area (Å²) in [7, 11) is 0. The van der Waals surface area contributed by atoms with Crippen molar-refractivity contribution in [2.24, 2.45) is 0 Å². The van der Waals surface area contributed by atoms with Crippen LogP contribution in [0.5, 0.6) is 0 Å². The Labute approximate surface area is 155 Å². The molecule has 140 valence electrons. The van der Waals surface area contributed by atoms with Gasteiger partial charge in [0.25, 0.3) is 5.76 Å². The number of carbonyl (C=O) groups excluding carboxylic acids is 1. The Kier molecular flexibility index (Phi) is 5.65. The summed E-state index contributed by atoms with van der Waals surface area (Å²) in [6.07, 6.45) is 0. The maximum atomic E-state index is 13.0. The van der Waals surface area contributed by atoms with Crippen LogP contribution in [0.2, 0.25) is 0 Å². The fraction of sp³-hybridized carbons (Fsp3) is 0.118. The first-order chi connectivity index (χ1) is 12.9. The van der Waals surface area contributed by atoms with Crippen LogP contribution < -0.4 is 11.1 Å². The number of alkyl halides is 2. The lowest BCUT2D eigenvalue weighted by Crippen LogP contribution is -2.26. The first-order valence-electron chi connectivity index (χ1n) is 7.60. The van der Waals surface area contributed by atoms with Gasteiger partial charge >= 0.3 is 5.76 Å². The Morgan fingerprint density at radius 3 is 2.59 bits per heavy atom. The van der Waals surface area contributed by atoms with Crippen LogP contribution in [0.15, 0.2) is 62.6 Å². The highest BCUT2D eigenvalue weighted by Gasteiger charge is 2.15. The van der Waals surface area contributed by atoms with Gasteiger partial charge in [0.15, 0.2) is 0 Å². The molecule has 0 saturated heterocycles. The summed E-state index contributed by atoms with van der Waals surface area (Å²) in [5, 5.41) is 6.36. The second-order valence-corrected chi connectivity index (χ2v) is 6.29. The van der Waals surface area contributed by atoms with Crippen LogP contribution in [0.3, 0.4) is 0 Å². The van der Waals surface area contributed by atoms with Gasteiger partial charge < -0.3 is 9.73 Å². The largest absolute Gasteiger partial charge is 0.437 e. The number of rotatable bonds is 6. The van der Waals surface area contributed by atoms with Crippen LogP contribution in [0.1, 0.15) is 0 Å². The van der Waals surface area contributed by atoms with Gasteiger partial charge in [0, 0.05) is 10.5 Å². The molecule has 10 heteroatoms. The topological polar surface area (TPSA) is 77.1 Å². The molecule has 1 heterocycles. The molecule has 0 unspecified atom stereocenters. The van der Waals surface area contributed by atoms with Gasteiger partial charge in [-0.2, -0.15) is 13.5 Å². The van der Waals surface area contributed by atoms with E-state index < -0.39 is 29.8 Å². The molecular weight excluding hydrogens is 383 g/mol. The lowest BCUT2D eigenvalue weighted by molar-refractivity contribution is -0.117. The van der Waals surface area contributed by atoms with E-state index in [-0.39, 0.29) is 16.5 Å². The quantitative estimate of drug-likeness (QED) is 0.646. The first kappa shape index (κ1) is 18.8. The van der Waals surface area contributed by atoms with Crippen LogP contribution in [0, 0.1) is 5.82 Å². The number of thioether (sulfide) groups is 1. The number of anilines is 1. The van der Waals surface area contributed by atoms with E-state index in [9.17, 15) is 22.8 Å². The average molecular weight is 395 g/mol. The molecule has 6 nitrogen and oxygen atoms in total. The fourth-order valence-electron chi connectivity index (χ4n) is 2.21. The summed E-state index contributed by atoms with van der Waals surface area (Å²) in [6.45, 7) is -0.475. The molecule has 3 aromatic rings. The Balaban J connectivity index is 1.74. The maximum absolute atomic E-state index is 13.0. The van der Waals surface area contributed by atoms with Crippen LogP contribution >= 0.6 is 11.8 Å². The smallest absolute Gasteiger partial charge is 0.388 e. The van der Waals surface area contributed by atoms with Crippen molar-refractivity contribution in [2.45, 2.75) is 17.2 Å². The molecule has 0 aliphatic heterocycles. The Bertz CT molecular complexity index is 1000. The number of amides is 1. The molecule has 3 rings (SSSR count). The van der Waals surface area contributed by atoms with Gasteiger partial charge in [-0.25, -0.2) is 9.18 Å². The van der Waals surface area contributed by atoms with Gasteiger partial charge in [-0.05, 0) is 36.4 Å². The molecule has 1 amide bonds. The van der Waals surface area contributed by atoms with E-state index in [1.807, 2.05) is 0 Å². The number of hydrogen-bond acceptors (Lipinski definition) is 5. The van der Waals surface area contributed by atoms with Crippen molar-refractivity contribution < 1.29 is 22.4 Å². The lowest BCUT2D eigenvalue weighted by atomic mass is 10.2. The third-order valence-corrected chi connectivity index (χ3v) is 4.16. The second-order valence-electron chi connectivity index (χ2n) is 5.26. The van der Waals surface area contributed by atoms with Crippen molar-refractivity contribution in [1.29, 1.82) is 0 Å². The summed E-state index contributed by atoms with van der Waals surface area (Å²) < 4.78 is 43.9. The highest BCUT2D eigenvalue weighted by atomic mass is 32.2. The molecule has 0 aliphatic carbocycles. The van der Waals surface area contributed by atoms with Crippen molar-refractivity contribution in [3.8, 4) is 11.5 Å². The zero-order chi connectivity index (χ0) is 19.4. The molecule has 1 N–H and O–H groups in total. The van der Waals surface area contributed by atoms with Crippen molar-refractivity contribution in [1.82, 2.24) is 9.78 Å². The van der Waals surface area contributed by atoms with E-state index in [1.54, 1.807) is 12.1 Å². The number of para-hydroxylation sites is 1. The zero-order valence-electron chi connectivity index (χ0n) is 13.6. The van der Waals surface area contributed by atoms with E-state index in [4.69, 9.17) is 4.42 Å². The molecular formula is C17H12F3N3O3S. The summed E-state index contributed by atoms with van der Waals surface area (Å²) in [6, 6.07) is 11.2. The summed E-state index contributed by atoms with van der Waals surface area (Å²) in [5.41, 5.74) is 0.564. The number of halogens is 3. The number of hydrogen-bond donors (Lipinski definition) is 1. The fourth-order valence-corrected chi connectivity index (χ4v) is 2.80. The lowest BCUT2D eigenvalue weighted by Gasteiger charge is -2.09. The van der Waals surface area contributed by atoms with Crippen molar-refractivity contribution in [2.75, 3.05) is 5.32 Å². The number of carbonyl (C=O) groups is 1. The molecule has 1 aromatic heterocycles. The molecule has 0 fully saturated rings. The minimum atomic E-state index is -2.64. The molecule has 0 radical (unpaired) electrons. The highest BCUT2D eigenvalue weighted by molar-refractivity contribution is 7.99. The number of nitrogens with one attached hydrogen (secondary N) is 1. The molecule has 0 atom stereocenters. The second kappa shape index (κ2) is 8.12. The van der Waals surface area contributed by atoms with Crippen molar-refractivity contribution in [3.05, 3.63) is 64.9 Å². The molecule has 0 aliphatic rings. The molecule has 0 saturated carbocycles. The van der Waals surface area contributed by atoms with Gasteiger partial charge in [0.05, 0.1) is 5.69 Å². The third-order valence-electron chi connectivity index (χ3n) is 3.37. The van der Waals surface area contributed by atoms with Crippen LogP contribution in [-0.2, 0) is 11.3 Å². The van der Waals surface area contributed by atoms with Gasteiger partial charge in [-0.1, -0.05) is 23.9 Å². The molecule has 27 heavy (non-hydrogen) atoms. The number of benzene rings is 2. The van der Waals surface area contributed by atoms with E-state index in [1.165, 1.54) is 36.4 Å². The summed E-state index contributed by atoms with van der Waals surface area (Å²) >= 11 is 0.298. The number of aromatic nitrogens is 2. The van der Waals surface area contributed by atoms with Crippen molar-refractivity contribution in [3.63, 3.8) is 0 Å². The van der Waals surface area contributed by atoms with Gasteiger partial charge in [0.2, 0.25) is 11.8 Å². The van der Waals surface area contributed by atoms with Crippen LogP contribution in [0.25, 0.3) is 11.5 Å². The van der Waals surface area contributed by atoms with Crippen LogP contribution in [0.4, 0.5) is 18.9 Å². The Hall–Kier alpha value is -3.01. The summed E-state index contributed by atoms with van der Waals surface area (Å²) in [4.78, 5) is 24.2. The van der Waals surface area contributed by atoms with Gasteiger partial charge in [-0.15, -0.1) is 5.10 Å². The van der Waals surface area contributed by atoms with Gasteiger partial charge in [0.1, 0.15) is 12.4 Å². The predicted molar refractivity (Wildman–Crippen MR) is 93.1 cm³/mol. The molecule has 0 bridgehead atoms. The minimum absolute atomic E-state index is 0.0681. The minimum Gasteiger partial charge on any atom is -0.388 e. The third kappa shape index (κ3) is 4.79. The van der Waals surface area contributed by atoms with Gasteiger partial charge in [-0.3, -0.25) is 4.79 Å². The monoisotopic (exact) mass is 395 g/mol. The van der Waals surface area contributed by atoms with E-state index >= 15 is 0 Å². The standard InChI is InChI=1S/C17H12F3N3O3S/c18-11-7-5-10(6-8-11)15-22-23(17(25)26-15)9-14(24)21-12-3-1-2-4-13(12)27-16(19)20/h1-8,16H,9H2,(H,21,24). The average Bonchev–Trinajstić information content (AvgIpc) is 2.97. The van der Waals surface area contributed by atoms with E-state index in [0.717, 1.165) is 4.68 Å². The maximum Gasteiger partial charge on any atom is 0.437 e. The predicted octanol–water partition coefficient (Wildman–Crippen LogP) is 3.60. The Morgan fingerprint density at radius 1 is 1.19 bits per heavy atom. The van der Waals surface area contributed by atoms with Crippen LogP contribution in [-0.4, -0.2) is 21.4 Å². The first-order valence-corrected chi connectivity index (χ1v) is 8.48. The van der Waals surface area contributed by atoms with E-state index in [0.29, 0.717) is 17.3 Å². The SMILES string of the molecule is O=C(Cn1nc(-c2ccc(F)cc2)oc1=O)Nc1ccccc1SC(F)F. The number of nitrogens with zero attached hydrogens (tertiary/aromatic N) is 2. The molecule has 2 aromatic carbocycles. The zero-order valence-corrected chi connectivity index (χ0v) is 14.4. The van der Waals surface area contributed by atoms with Crippen molar-refractivity contribution >= 4 is 23.4 Å². The normalized spacial score (nSPS) is 11.0. The summed E-state index contributed by atoms with van der Waals surface area (Å²) in [5.74, 6) is -4.68. The molecule has 0 spiro atoms. The Morgan fingerprint density at radius 2 is 1.89 bits per heavy atom.